The van der Waals surface area contributed by atoms with Crippen molar-refractivity contribution in [3.8, 4) is 10.9 Å². The first-order valence-corrected chi connectivity index (χ1v) is 7.21. The molecule has 5 heteroatoms. The van der Waals surface area contributed by atoms with Crippen LogP contribution in [0.3, 0.4) is 0 Å². The minimum absolute atomic E-state index is 0.107. The second kappa shape index (κ2) is 5.69. The first kappa shape index (κ1) is 12.6. The van der Waals surface area contributed by atoms with Crippen LogP contribution in [0.4, 0.5) is 0 Å². The van der Waals surface area contributed by atoms with E-state index in [0.717, 1.165) is 36.7 Å². The number of morpholine rings is 1. The predicted molar refractivity (Wildman–Crippen MR) is 74.9 cm³/mol. The minimum Gasteiger partial charge on any atom is -0.431 e. The lowest BCUT2D eigenvalue weighted by molar-refractivity contribution is 0.0276. The Hall–Kier alpha value is -1.43. The molecular formula is C14H16N2O2S. The number of hydrogen-bond acceptors (Lipinski definition) is 5. The van der Waals surface area contributed by atoms with E-state index in [2.05, 4.69) is 16.4 Å². The van der Waals surface area contributed by atoms with Gasteiger partial charge in [0, 0.05) is 18.5 Å². The number of ether oxygens (including phenoxy) is 2. The fourth-order valence-corrected chi connectivity index (χ4v) is 2.70. The molecule has 1 saturated heterocycles. The zero-order valence-electron chi connectivity index (χ0n) is 10.8. The lowest BCUT2D eigenvalue weighted by Crippen LogP contribution is -2.33. The Morgan fingerprint density at radius 3 is 3.16 bits per heavy atom. The third kappa shape index (κ3) is 3.12. The molecule has 0 radical (unpaired) electrons. The first-order valence-electron chi connectivity index (χ1n) is 6.33. The van der Waals surface area contributed by atoms with E-state index in [1.54, 1.807) is 0 Å². The molecule has 1 aliphatic heterocycles. The van der Waals surface area contributed by atoms with Crippen LogP contribution in [0.1, 0.15) is 17.4 Å². The van der Waals surface area contributed by atoms with Crippen LogP contribution in [-0.4, -0.2) is 24.7 Å². The largest absolute Gasteiger partial charge is 0.431 e. The van der Waals surface area contributed by atoms with E-state index in [-0.39, 0.29) is 6.10 Å². The second-order valence-corrected chi connectivity index (χ2v) is 5.31. The molecule has 0 amide bonds. The smallest absolute Gasteiger partial charge is 0.278 e. The van der Waals surface area contributed by atoms with Gasteiger partial charge in [-0.15, -0.1) is 0 Å². The van der Waals surface area contributed by atoms with Crippen LogP contribution in [-0.2, 0) is 4.74 Å². The number of aromatic nitrogens is 1. The molecule has 4 nitrogen and oxygen atoms in total. The molecule has 100 valence electrons. The van der Waals surface area contributed by atoms with Gasteiger partial charge in [0.2, 0.25) is 0 Å². The highest BCUT2D eigenvalue weighted by Crippen LogP contribution is 2.28. The van der Waals surface area contributed by atoms with E-state index in [1.807, 2.05) is 30.5 Å². The maximum atomic E-state index is 5.76. The average molecular weight is 276 g/mol. The molecule has 2 heterocycles. The summed E-state index contributed by atoms with van der Waals surface area (Å²) in [7, 11) is 0. The van der Waals surface area contributed by atoms with Gasteiger partial charge in [0.15, 0.2) is 0 Å². The van der Waals surface area contributed by atoms with Crippen LogP contribution in [0.25, 0.3) is 0 Å². The van der Waals surface area contributed by atoms with Crippen molar-refractivity contribution in [2.45, 2.75) is 13.0 Å². The molecule has 0 saturated carbocycles. The Morgan fingerprint density at radius 2 is 2.42 bits per heavy atom. The van der Waals surface area contributed by atoms with Gasteiger partial charge in [-0.25, -0.2) is 4.98 Å². The summed E-state index contributed by atoms with van der Waals surface area (Å²) in [5.74, 6) is 0.807. The maximum absolute atomic E-state index is 5.76. The van der Waals surface area contributed by atoms with E-state index in [9.17, 15) is 0 Å². The Labute approximate surface area is 116 Å². The zero-order valence-corrected chi connectivity index (χ0v) is 11.6. The van der Waals surface area contributed by atoms with Crippen molar-refractivity contribution in [2.75, 3.05) is 19.7 Å². The van der Waals surface area contributed by atoms with Crippen LogP contribution in [0.2, 0.25) is 0 Å². The summed E-state index contributed by atoms with van der Waals surface area (Å²) in [6.45, 7) is 4.48. The van der Waals surface area contributed by atoms with Gasteiger partial charge >= 0.3 is 0 Å². The van der Waals surface area contributed by atoms with Crippen molar-refractivity contribution < 1.29 is 9.47 Å². The average Bonchev–Trinajstić information content (AvgIpc) is 2.85. The Kier molecular flexibility index (Phi) is 3.77. The molecule has 0 unspecified atom stereocenters. The summed E-state index contributed by atoms with van der Waals surface area (Å²) in [4.78, 5) is 4.30. The highest BCUT2D eigenvalue weighted by Gasteiger charge is 2.16. The van der Waals surface area contributed by atoms with E-state index >= 15 is 0 Å². The molecule has 19 heavy (non-hydrogen) atoms. The summed E-state index contributed by atoms with van der Waals surface area (Å²) in [6.07, 6.45) is 0.107. The van der Waals surface area contributed by atoms with Crippen LogP contribution in [0.15, 0.2) is 29.6 Å². The van der Waals surface area contributed by atoms with Gasteiger partial charge in [0.05, 0.1) is 18.4 Å². The topological polar surface area (TPSA) is 43.4 Å². The van der Waals surface area contributed by atoms with E-state index in [1.165, 1.54) is 11.3 Å². The highest BCUT2D eigenvalue weighted by atomic mass is 32.1. The molecule has 1 N–H and O–H groups in total. The summed E-state index contributed by atoms with van der Waals surface area (Å²) < 4.78 is 11.5. The van der Waals surface area contributed by atoms with Gasteiger partial charge in [-0.2, -0.15) is 0 Å². The summed E-state index contributed by atoms with van der Waals surface area (Å²) in [5.41, 5.74) is 2.12. The number of nitrogens with one attached hydrogen (secondary N) is 1. The van der Waals surface area contributed by atoms with Crippen molar-refractivity contribution >= 4 is 11.3 Å². The summed E-state index contributed by atoms with van der Waals surface area (Å²) in [6, 6.07) is 8.02. The predicted octanol–water partition coefficient (Wildman–Crippen LogP) is 2.90. The molecule has 1 aromatic carbocycles. The standard InChI is InChI=1S/C14H16N2O2S/c1-10-9-19-14(16-10)18-12-4-2-3-11(7-12)13-8-15-5-6-17-13/h2-4,7,9,13,15H,5-6,8H2,1H3/t13-/m0/s1. The van der Waals surface area contributed by atoms with E-state index < -0.39 is 0 Å². The van der Waals surface area contributed by atoms with Gasteiger partial charge in [-0.3, -0.25) is 0 Å². The van der Waals surface area contributed by atoms with Crippen molar-refractivity contribution in [1.82, 2.24) is 10.3 Å². The van der Waals surface area contributed by atoms with Crippen molar-refractivity contribution in [3.05, 3.63) is 40.9 Å². The number of hydrogen-bond donors (Lipinski definition) is 1. The normalized spacial score (nSPS) is 19.3. The number of benzene rings is 1. The van der Waals surface area contributed by atoms with E-state index in [0.29, 0.717) is 5.19 Å². The zero-order chi connectivity index (χ0) is 13.1. The second-order valence-electron chi connectivity index (χ2n) is 4.49. The maximum Gasteiger partial charge on any atom is 0.278 e. The van der Waals surface area contributed by atoms with Gasteiger partial charge in [-0.05, 0) is 24.6 Å². The Morgan fingerprint density at radius 1 is 1.47 bits per heavy atom. The quantitative estimate of drug-likeness (QED) is 0.936. The molecule has 3 rings (SSSR count). The molecular weight excluding hydrogens is 260 g/mol. The fraction of sp³-hybridized carbons (Fsp3) is 0.357. The van der Waals surface area contributed by atoms with Crippen LogP contribution < -0.4 is 10.1 Å². The SMILES string of the molecule is Cc1csc(Oc2cccc([C@@H]3CNCCO3)c2)n1. The number of aryl methyl sites for hydroxylation is 1. The Balaban J connectivity index is 1.75. The van der Waals surface area contributed by atoms with E-state index in [4.69, 9.17) is 9.47 Å². The van der Waals surface area contributed by atoms with Gasteiger partial charge in [-0.1, -0.05) is 23.5 Å². The summed E-state index contributed by atoms with van der Waals surface area (Å²) in [5, 5.41) is 5.99. The molecule has 0 aliphatic carbocycles. The number of thiazole rings is 1. The Bertz CT molecular complexity index is 550. The highest BCUT2D eigenvalue weighted by molar-refractivity contribution is 7.11. The molecule has 0 spiro atoms. The lowest BCUT2D eigenvalue weighted by Gasteiger charge is -2.24. The molecule has 1 fully saturated rings. The molecule has 1 aromatic heterocycles. The van der Waals surface area contributed by atoms with Gasteiger partial charge in [0.1, 0.15) is 5.75 Å². The molecule has 1 atom stereocenters. The van der Waals surface area contributed by atoms with Crippen LogP contribution in [0, 0.1) is 6.92 Å². The van der Waals surface area contributed by atoms with Gasteiger partial charge < -0.3 is 14.8 Å². The molecule has 2 aromatic rings. The minimum atomic E-state index is 0.107. The first-order chi connectivity index (χ1) is 9.31. The number of nitrogens with zero attached hydrogens (tertiary/aromatic N) is 1. The fourth-order valence-electron chi connectivity index (χ4n) is 2.04. The van der Waals surface area contributed by atoms with Gasteiger partial charge in [0.25, 0.3) is 5.19 Å². The molecule has 0 bridgehead atoms. The molecule has 1 aliphatic rings. The third-order valence-corrected chi connectivity index (χ3v) is 3.80. The number of rotatable bonds is 3. The van der Waals surface area contributed by atoms with Crippen molar-refractivity contribution in [1.29, 1.82) is 0 Å². The van der Waals surface area contributed by atoms with Crippen LogP contribution in [0.5, 0.6) is 10.9 Å². The summed E-state index contributed by atoms with van der Waals surface area (Å²) >= 11 is 1.51. The van der Waals surface area contributed by atoms with Crippen molar-refractivity contribution in [2.24, 2.45) is 0 Å². The van der Waals surface area contributed by atoms with Crippen LogP contribution >= 0.6 is 11.3 Å². The third-order valence-electron chi connectivity index (χ3n) is 2.96. The monoisotopic (exact) mass is 276 g/mol. The van der Waals surface area contributed by atoms with Crippen molar-refractivity contribution in [3.63, 3.8) is 0 Å². The lowest BCUT2D eigenvalue weighted by atomic mass is 10.1.